The number of hydrogen-bond donors (Lipinski definition) is 0. The zero-order valence-corrected chi connectivity index (χ0v) is 3.11. The zero-order valence-electron chi connectivity index (χ0n) is 3.11. The molecular weight excluding hydrogens is 87.0 g/mol. The van der Waals surface area contributed by atoms with Crippen molar-refractivity contribution >= 4 is 12.8 Å². The average molecular weight is 91.1 g/mol. The van der Waals surface area contributed by atoms with Crippen LogP contribution in [0.4, 0.5) is 4.39 Å². The molecule has 0 heterocycles. The van der Waals surface area contributed by atoms with Crippen LogP contribution in [0.25, 0.3) is 0 Å². The van der Waals surface area contributed by atoms with E-state index in [0.717, 1.165) is 0 Å². The van der Waals surface area contributed by atoms with Crippen molar-refractivity contribution in [2.24, 2.45) is 0 Å². The summed E-state index contributed by atoms with van der Waals surface area (Å²) in [7, 11) is 0. The van der Waals surface area contributed by atoms with Gasteiger partial charge in [-0.05, 0) is 0 Å². The van der Waals surface area contributed by atoms with E-state index in [-0.39, 0.29) is 0 Å². The Labute approximate surface area is 34.3 Å². The summed E-state index contributed by atoms with van der Waals surface area (Å²) in [6.45, 7) is 1.57. The molecule has 0 saturated carbocycles. The molecule has 0 aromatic carbocycles. The van der Waals surface area contributed by atoms with Crippen molar-refractivity contribution in [2.75, 3.05) is 6.67 Å². The summed E-state index contributed by atoms with van der Waals surface area (Å²) in [5, 5.41) is 0. The molecule has 0 aliphatic rings. The summed E-state index contributed by atoms with van der Waals surface area (Å²) in [4.78, 5) is 9.52. The largest absolute Gasteiger partial charge is 0.610 e. The molecule has 0 fully saturated rings. The van der Waals surface area contributed by atoms with Gasteiger partial charge in [0.2, 0.25) is 0 Å². The van der Waals surface area contributed by atoms with Crippen molar-refractivity contribution in [3.8, 4) is 0 Å². The number of carbonyl (C=O) groups excluding carboxylic acids is 2. The molecule has 0 N–H and O–H groups in total. The summed E-state index contributed by atoms with van der Waals surface area (Å²) >= 11 is 0. The lowest BCUT2D eigenvalue weighted by atomic mass is 10.8. The molecule has 2 nitrogen and oxygen atoms in total. The molecule has 0 bridgehead atoms. The van der Waals surface area contributed by atoms with Crippen molar-refractivity contribution in [3.63, 3.8) is 0 Å². The highest BCUT2D eigenvalue weighted by Crippen LogP contribution is 1.64. The Kier molecular flexibility index (Phi) is 2.20. The molecule has 0 aliphatic heterocycles. The number of rotatable bonds is 1. The summed E-state index contributed by atoms with van der Waals surface area (Å²) in [5.74, 6) is -0.935. The Morgan fingerprint density at radius 1 is 2.00 bits per heavy atom. The van der Waals surface area contributed by atoms with Gasteiger partial charge in [0, 0.05) is 0 Å². The van der Waals surface area contributed by atoms with Crippen molar-refractivity contribution in [3.05, 3.63) is 0 Å². The van der Waals surface area contributed by atoms with Crippen molar-refractivity contribution in [1.82, 2.24) is 0 Å². The van der Waals surface area contributed by atoms with Crippen molar-refractivity contribution in [2.45, 2.75) is 0 Å². The maximum absolute atomic E-state index is 10.9. The van der Waals surface area contributed by atoms with Gasteiger partial charge in [0.15, 0.2) is 6.79 Å². The van der Waals surface area contributed by atoms with E-state index in [1.807, 2.05) is 0 Å². The van der Waals surface area contributed by atoms with Crippen molar-refractivity contribution < 1.29 is 13.6 Å². The molecule has 0 unspecified atom stereocenters. The van der Waals surface area contributed by atoms with Crippen LogP contribution in [-0.4, -0.2) is 19.4 Å². The van der Waals surface area contributed by atoms with E-state index in [1.165, 1.54) is 0 Å². The second-order valence-electron chi connectivity index (χ2n) is 0.650. The molecule has 0 aromatic rings. The number of halogens is 1. The summed E-state index contributed by atoms with van der Waals surface area (Å²) in [6.07, 6.45) is 0. The molecular formula is C3H4FO2+. The van der Waals surface area contributed by atoms with Gasteiger partial charge in [-0.2, -0.15) is 0 Å². The van der Waals surface area contributed by atoms with Gasteiger partial charge >= 0.3 is 5.97 Å². The Morgan fingerprint density at radius 3 is 2.50 bits per heavy atom. The van der Waals surface area contributed by atoms with E-state index in [9.17, 15) is 9.18 Å². The molecule has 6 heavy (non-hydrogen) atoms. The Morgan fingerprint density at radius 2 is 2.50 bits per heavy atom. The first kappa shape index (κ1) is 5.27. The van der Waals surface area contributed by atoms with Gasteiger partial charge in [0.05, 0.1) is 4.79 Å². The fourth-order valence-corrected chi connectivity index (χ4v) is 0.0386. The first-order valence-corrected chi connectivity index (χ1v) is 1.32. The van der Waals surface area contributed by atoms with Crippen LogP contribution >= 0.6 is 0 Å². The summed E-state index contributed by atoms with van der Waals surface area (Å²) < 4.78 is 14.5. The normalized spacial score (nSPS) is 7.50. The summed E-state index contributed by atoms with van der Waals surface area (Å²) in [5.41, 5.74) is 0. The van der Waals surface area contributed by atoms with E-state index in [2.05, 4.69) is 11.2 Å². The highest BCUT2D eigenvalue weighted by atomic mass is 19.1. The first-order chi connectivity index (χ1) is 2.81. The standard InChI is InChI=1S/C3H4FO2/c1-6-3(5)2-4/h1-2H2/q+1. The highest BCUT2D eigenvalue weighted by molar-refractivity contribution is 5.67. The molecule has 34 valence electrons. The predicted molar refractivity (Wildman–Crippen MR) is 18.1 cm³/mol. The molecule has 0 radical (unpaired) electrons. The number of carbonyl (C=O) groups is 1. The Bertz CT molecular complexity index is 69.2. The third-order valence-corrected chi connectivity index (χ3v) is 0.270. The van der Waals surface area contributed by atoms with Gasteiger partial charge in [0.1, 0.15) is 0 Å². The zero-order chi connectivity index (χ0) is 4.99. The minimum absolute atomic E-state index is 0.935. The average Bonchev–Trinajstić information content (AvgIpc) is 1.65. The topological polar surface area (TPSA) is 28.4 Å². The molecule has 3 heteroatoms. The molecule has 0 aliphatic carbocycles. The van der Waals surface area contributed by atoms with Gasteiger partial charge in [-0.25, -0.2) is 4.39 Å². The maximum atomic E-state index is 10.9. The van der Waals surface area contributed by atoms with E-state index in [1.54, 1.807) is 0 Å². The van der Waals surface area contributed by atoms with Gasteiger partial charge in [-0.15, -0.1) is 0 Å². The molecule has 0 saturated heterocycles. The molecule has 0 atom stereocenters. The Hall–Kier alpha value is -0.730. The monoisotopic (exact) mass is 91.0 g/mol. The lowest BCUT2D eigenvalue weighted by Crippen LogP contribution is -1.96. The van der Waals surface area contributed by atoms with Gasteiger partial charge < -0.3 is 0 Å². The third kappa shape index (κ3) is 1.58. The van der Waals surface area contributed by atoms with Crippen LogP contribution in [0.3, 0.4) is 0 Å². The van der Waals surface area contributed by atoms with Gasteiger partial charge in [0.25, 0.3) is 6.67 Å². The minimum Gasteiger partial charge on any atom is -0.286 e. The SMILES string of the molecule is C=[O+]C(=O)CF. The van der Waals surface area contributed by atoms with Crippen LogP contribution in [0.2, 0.25) is 0 Å². The van der Waals surface area contributed by atoms with E-state index in [0.29, 0.717) is 0 Å². The highest BCUT2D eigenvalue weighted by Gasteiger charge is 2.07. The maximum Gasteiger partial charge on any atom is 0.610 e. The number of alkyl halides is 1. The second-order valence-corrected chi connectivity index (χ2v) is 0.650. The van der Waals surface area contributed by atoms with Crippen LogP contribution in [0.5, 0.6) is 0 Å². The van der Waals surface area contributed by atoms with E-state index >= 15 is 0 Å². The van der Waals surface area contributed by atoms with Crippen LogP contribution < -0.4 is 0 Å². The molecule has 0 rings (SSSR count). The fraction of sp³-hybridized carbons (Fsp3) is 0.333. The Balaban J connectivity index is 3.23. The minimum atomic E-state index is -1.09. The smallest absolute Gasteiger partial charge is 0.286 e. The van der Waals surface area contributed by atoms with Crippen LogP contribution in [-0.2, 0) is 9.22 Å². The molecule has 0 spiro atoms. The van der Waals surface area contributed by atoms with Crippen molar-refractivity contribution in [1.29, 1.82) is 0 Å². The third-order valence-electron chi connectivity index (χ3n) is 0.270. The van der Waals surface area contributed by atoms with E-state index < -0.39 is 12.6 Å². The fourth-order valence-electron chi connectivity index (χ4n) is 0.0386. The van der Waals surface area contributed by atoms with Crippen LogP contribution in [0.15, 0.2) is 0 Å². The van der Waals surface area contributed by atoms with Crippen LogP contribution in [0.1, 0.15) is 0 Å². The first-order valence-electron chi connectivity index (χ1n) is 1.32. The quantitative estimate of drug-likeness (QED) is 0.412. The molecule has 0 amide bonds. The van der Waals surface area contributed by atoms with Crippen LogP contribution in [0, 0.1) is 0 Å². The predicted octanol–water partition coefficient (Wildman–Crippen LogP) is -0.153. The van der Waals surface area contributed by atoms with Gasteiger partial charge in [-0.3, -0.25) is 4.42 Å². The summed E-state index contributed by atoms with van der Waals surface area (Å²) in [6, 6.07) is 0. The molecule has 0 aromatic heterocycles. The second kappa shape index (κ2) is 2.50. The number of hydrogen-bond acceptors (Lipinski definition) is 1. The lowest BCUT2D eigenvalue weighted by Gasteiger charge is -1.59. The van der Waals surface area contributed by atoms with E-state index in [4.69, 9.17) is 0 Å². The lowest BCUT2D eigenvalue weighted by molar-refractivity contribution is -0.369. The van der Waals surface area contributed by atoms with Gasteiger partial charge in [-0.1, -0.05) is 0 Å².